The minimum Gasteiger partial charge on any atom is -0.370 e. The normalized spacial score (nSPS) is 18.9. The van der Waals surface area contributed by atoms with Gasteiger partial charge in [0.05, 0.1) is 12.1 Å². The van der Waals surface area contributed by atoms with Gasteiger partial charge in [-0.3, -0.25) is 14.6 Å². The molecule has 2 amide bonds. The second kappa shape index (κ2) is 13.7. The second-order valence-corrected chi connectivity index (χ2v) is 9.47. The van der Waals surface area contributed by atoms with Crippen LogP contribution in [0.5, 0.6) is 0 Å². The van der Waals surface area contributed by atoms with Gasteiger partial charge in [-0.2, -0.15) is 0 Å². The zero-order valence-corrected chi connectivity index (χ0v) is 20.9. The summed E-state index contributed by atoms with van der Waals surface area (Å²) in [7, 11) is 0. The number of fused-ring (bicyclic) bond motifs is 1. The number of hydrogen-bond acceptors (Lipinski definition) is 4. The number of aromatic nitrogens is 1. The first-order valence-corrected chi connectivity index (χ1v) is 12.9. The van der Waals surface area contributed by atoms with Crippen molar-refractivity contribution in [1.29, 1.82) is 0 Å². The lowest BCUT2D eigenvalue weighted by Gasteiger charge is -2.28. The Hall–Kier alpha value is -3.07. The van der Waals surface area contributed by atoms with Crippen LogP contribution in [0.15, 0.2) is 35.5 Å². The Labute approximate surface area is 208 Å². The van der Waals surface area contributed by atoms with Crippen LogP contribution in [-0.4, -0.2) is 66.4 Å². The number of carbonyl (C=O) groups excluding carboxylic acids is 2. The fraction of sp³-hybridized carbons (Fsp3) is 0.577. The molecule has 9 nitrogen and oxygen atoms in total. The Morgan fingerprint density at radius 1 is 1.17 bits per heavy atom. The van der Waals surface area contributed by atoms with Crippen LogP contribution in [0.4, 0.5) is 0 Å². The van der Waals surface area contributed by atoms with E-state index in [1.165, 1.54) is 32.1 Å². The van der Waals surface area contributed by atoms with Crippen molar-refractivity contribution in [2.45, 2.75) is 57.9 Å². The first-order chi connectivity index (χ1) is 17.0. The summed E-state index contributed by atoms with van der Waals surface area (Å²) in [6.45, 7) is 5.32. The Kier molecular flexibility index (Phi) is 10.4. The number of amides is 2. The van der Waals surface area contributed by atoms with Crippen molar-refractivity contribution in [2.75, 3.05) is 32.7 Å². The quantitative estimate of drug-likeness (QED) is 0.304. The number of nitrogens with one attached hydrogen (secondary N) is 3. The standard InChI is InChI=1S/C22H30N4O2.C4H11N3/c27-21-14-23-17(10-11-26(21)15-16-6-2-1-3-7-16)12-25-22(28)19-13-24-20-9-5-4-8-18(19)20;1-2-3-7-4(5)6/h4-5,8-9,13,16-17,23-24H,1-3,6-7,10-12,14-15H2,(H,25,28);2-3H2,1H3,(H4,5,6,7). The van der Waals surface area contributed by atoms with E-state index in [1.807, 2.05) is 36.1 Å². The fourth-order valence-electron chi connectivity index (χ4n) is 4.74. The van der Waals surface area contributed by atoms with Crippen molar-refractivity contribution in [3.63, 3.8) is 0 Å². The summed E-state index contributed by atoms with van der Waals surface area (Å²) in [5.41, 5.74) is 11.6. The number of H-pyrrole nitrogens is 1. The molecule has 0 bridgehead atoms. The SMILES string of the molecule is CCCN=C(N)N.O=C(NCC1CCN(CC2CCCCC2)C(=O)CN1)c1c[nH]c2ccccc12. The molecule has 1 unspecified atom stereocenters. The van der Waals surface area contributed by atoms with E-state index in [0.717, 1.165) is 43.4 Å². The molecule has 1 atom stereocenters. The number of benzene rings is 1. The summed E-state index contributed by atoms with van der Waals surface area (Å²) in [5.74, 6) is 0.961. The predicted molar refractivity (Wildman–Crippen MR) is 141 cm³/mol. The number of aliphatic imine (C=N–C) groups is 1. The maximum atomic E-state index is 12.6. The van der Waals surface area contributed by atoms with Crippen molar-refractivity contribution >= 4 is 28.7 Å². The average Bonchev–Trinajstić information content (AvgIpc) is 3.23. The molecule has 7 N–H and O–H groups in total. The van der Waals surface area contributed by atoms with Crippen LogP contribution in [0, 0.1) is 5.92 Å². The molecule has 1 aliphatic heterocycles. The van der Waals surface area contributed by atoms with Crippen molar-refractivity contribution in [3.8, 4) is 0 Å². The highest BCUT2D eigenvalue weighted by molar-refractivity contribution is 6.06. The largest absolute Gasteiger partial charge is 0.370 e. The van der Waals surface area contributed by atoms with Gasteiger partial charge >= 0.3 is 0 Å². The Morgan fingerprint density at radius 2 is 1.94 bits per heavy atom. The van der Waals surface area contributed by atoms with Crippen LogP contribution in [-0.2, 0) is 4.79 Å². The molecule has 1 aromatic heterocycles. The van der Waals surface area contributed by atoms with Gasteiger partial charge in [0.15, 0.2) is 5.96 Å². The number of guanidine groups is 1. The van der Waals surface area contributed by atoms with Crippen LogP contribution < -0.4 is 22.1 Å². The van der Waals surface area contributed by atoms with Crippen LogP contribution >= 0.6 is 0 Å². The van der Waals surface area contributed by atoms with Gasteiger partial charge in [0, 0.05) is 49.3 Å². The zero-order chi connectivity index (χ0) is 25.0. The molecular formula is C26H41N7O2. The number of para-hydroxylation sites is 1. The molecule has 0 radical (unpaired) electrons. The van der Waals surface area contributed by atoms with Crippen molar-refractivity contribution < 1.29 is 9.59 Å². The van der Waals surface area contributed by atoms with E-state index >= 15 is 0 Å². The first-order valence-electron chi connectivity index (χ1n) is 12.9. The Morgan fingerprint density at radius 3 is 2.66 bits per heavy atom. The van der Waals surface area contributed by atoms with Crippen molar-refractivity contribution in [2.24, 2.45) is 22.4 Å². The predicted octanol–water partition coefficient (Wildman–Crippen LogP) is 2.34. The number of aromatic amines is 1. The molecule has 9 heteroatoms. The van der Waals surface area contributed by atoms with Crippen LogP contribution in [0.3, 0.4) is 0 Å². The lowest BCUT2D eigenvalue weighted by atomic mass is 9.89. The zero-order valence-electron chi connectivity index (χ0n) is 20.9. The summed E-state index contributed by atoms with van der Waals surface area (Å²) in [5, 5.41) is 7.29. The van der Waals surface area contributed by atoms with E-state index in [2.05, 4.69) is 20.6 Å². The van der Waals surface area contributed by atoms with E-state index in [0.29, 0.717) is 24.6 Å². The van der Waals surface area contributed by atoms with Crippen molar-refractivity contribution in [3.05, 3.63) is 36.0 Å². The highest BCUT2D eigenvalue weighted by Gasteiger charge is 2.25. The van der Waals surface area contributed by atoms with Gasteiger partial charge in [-0.25, -0.2) is 0 Å². The third-order valence-corrected chi connectivity index (χ3v) is 6.71. The Bertz CT molecular complexity index is 977. The maximum absolute atomic E-state index is 12.6. The number of nitrogens with two attached hydrogens (primary N) is 2. The summed E-state index contributed by atoms with van der Waals surface area (Å²) in [6.07, 6.45) is 10.1. The monoisotopic (exact) mass is 483 g/mol. The molecule has 35 heavy (non-hydrogen) atoms. The molecule has 1 saturated heterocycles. The van der Waals surface area contributed by atoms with Gasteiger partial charge in [0.25, 0.3) is 5.91 Å². The third kappa shape index (κ3) is 8.28. The second-order valence-electron chi connectivity index (χ2n) is 9.47. The minimum absolute atomic E-state index is 0.0751. The fourth-order valence-corrected chi connectivity index (χ4v) is 4.74. The third-order valence-electron chi connectivity index (χ3n) is 6.71. The lowest BCUT2D eigenvalue weighted by Crippen LogP contribution is -2.42. The average molecular weight is 484 g/mol. The summed E-state index contributed by atoms with van der Waals surface area (Å²) in [6, 6.07) is 7.92. The molecule has 2 aliphatic rings. The molecular weight excluding hydrogens is 442 g/mol. The number of nitrogens with zero attached hydrogens (tertiary/aromatic N) is 2. The van der Waals surface area contributed by atoms with E-state index < -0.39 is 0 Å². The molecule has 1 aliphatic carbocycles. The smallest absolute Gasteiger partial charge is 0.253 e. The molecule has 2 heterocycles. The molecule has 2 aromatic rings. The summed E-state index contributed by atoms with van der Waals surface area (Å²) in [4.78, 5) is 34.0. The summed E-state index contributed by atoms with van der Waals surface area (Å²) < 4.78 is 0. The van der Waals surface area contributed by atoms with E-state index in [-0.39, 0.29) is 23.8 Å². The van der Waals surface area contributed by atoms with Gasteiger partial charge in [-0.1, -0.05) is 44.4 Å². The van der Waals surface area contributed by atoms with Gasteiger partial charge in [0.2, 0.25) is 5.91 Å². The molecule has 1 aromatic carbocycles. The van der Waals surface area contributed by atoms with Crippen LogP contribution in [0.25, 0.3) is 10.9 Å². The van der Waals surface area contributed by atoms with E-state index in [1.54, 1.807) is 6.20 Å². The maximum Gasteiger partial charge on any atom is 0.253 e. The summed E-state index contributed by atoms with van der Waals surface area (Å²) >= 11 is 0. The van der Waals surface area contributed by atoms with E-state index in [4.69, 9.17) is 11.5 Å². The molecule has 4 rings (SSSR count). The van der Waals surface area contributed by atoms with Gasteiger partial charge in [-0.05, 0) is 37.7 Å². The van der Waals surface area contributed by atoms with Crippen LogP contribution in [0.2, 0.25) is 0 Å². The highest BCUT2D eigenvalue weighted by atomic mass is 16.2. The van der Waals surface area contributed by atoms with Gasteiger partial charge in [0.1, 0.15) is 0 Å². The molecule has 0 spiro atoms. The van der Waals surface area contributed by atoms with Crippen molar-refractivity contribution in [1.82, 2.24) is 20.5 Å². The van der Waals surface area contributed by atoms with E-state index in [9.17, 15) is 9.59 Å². The van der Waals surface area contributed by atoms with Crippen LogP contribution in [0.1, 0.15) is 62.2 Å². The highest BCUT2D eigenvalue weighted by Crippen LogP contribution is 2.25. The number of hydrogen-bond donors (Lipinski definition) is 5. The molecule has 2 fully saturated rings. The lowest BCUT2D eigenvalue weighted by molar-refractivity contribution is -0.130. The Balaban J connectivity index is 0.000000429. The molecule has 1 saturated carbocycles. The number of carbonyl (C=O) groups is 2. The topological polar surface area (TPSA) is 142 Å². The first kappa shape index (κ1) is 26.5. The van der Waals surface area contributed by atoms with Gasteiger partial charge < -0.3 is 32.0 Å². The molecule has 192 valence electrons. The number of rotatable bonds is 7. The minimum atomic E-state index is -0.0751. The van der Waals surface area contributed by atoms with Gasteiger partial charge in [-0.15, -0.1) is 0 Å².